The monoisotopic (exact) mass is 351 g/mol. The number of azo groups is 1. The molecule has 1 aromatic heterocycles. The summed E-state index contributed by atoms with van der Waals surface area (Å²) in [6.45, 7) is 1.42. The number of nitrogens with one attached hydrogen (secondary N) is 3. The van der Waals surface area contributed by atoms with E-state index in [4.69, 9.17) is 4.74 Å². The first-order valence-electron chi connectivity index (χ1n) is 7.81. The zero-order valence-corrected chi connectivity index (χ0v) is 14.2. The SMILES string of the molecule is COc1cccc(-c2[nH][nH]c(=O)c2N=Nc2cccc(NC(C)=O)c2)c1. The Kier molecular flexibility index (Phi) is 4.93. The summed E-state index contributed by atoms with van der Waals surface area (Å²) < 4.78 is 5.21. The number of ether oxygens (including phenoxy) is 1. The highest BCUT2D eigenvalue weighted by Crippen LogP contribution is 2.29. The Morgan fingerprint density at radius 1 is 1.08 bits per heavy atom. The molecule has 8 heteroatoms. The highest BCUT2D eigenvalue weighted by molar-refractivity contribution is 5.89. The molecule has 0 saturated heterocycles. The molecule has 0 radical (unpaired) electrons. The molecule has 132 valence electrons. The summed E-state index contributed by atoms with van der Waals surface area (Å²) in [6.07, 6.45) is 0. The number of anilines is 1. The number of H-pyrrole nitrogens is 2. The van der Waals surface area contributed by atoms with Crippen LogP contribution in [0, 0.1) is 0 Å². The van der Waals surface area contributed by atoms with E-state index in [0.29, 0.717) is 22.8 Å². The van der Waals surface area contributed by atoms with Crippen molar-refractivity contribution < 1.29 is 9.53 Å². The molecule has 8 nitrogen and oxygen atoms in total. The normalized spacial score (nSPS) is 10.8. The number of amides is 1. The van der Waals surface area contributed by atoms with Gasteiger partial charge >= 0.3 is 0 Å². The van der Waals surface area contributed by atoms with Gasteiger partial charge in [0.2, 0.25) is 5.91 Å². The van der Waals surface area contributed by atoms with Crippen molar-refractivity contribution in [2.45, 2.75) is 6.92 Å². The Balaban J connectivity index is 1.93. The van der Waals surface area contributed by atoms with Crippen LogP contribution in [0.2, 0.25) is 0 Å². The van der Waals surface area contributed by atoms with E-state index in [9.17, 15) is 9.59 Å². The summed E-state index contributed by atoms with van der Waals surface area (Å²) in [6, 6.07) is 14.1. The molecule has 0 bridgehead atoms. The van der Waals surface area contributed by atoms with Crippen molar-refractivity contribution in [3.05, 3.63) is 58.9 Å². The Hall–Kier alpha value is -3.68. The second-order valence-electron chi connectivity index (χ2n) is 5.47. The largest absolute Gasteiger partial charge is 0.497 e. The van der Waals surface area contributed by atoms with Crippen molar-refractivity contribution >= 4 is 23.0 Å². The van der Waals surface area contributed by atoms with Crippen LogP contribution in [0.25, 0.3) is 11.3 Å². The molecule has 1 amide bonds. The summed E-state index contributed by atoms with van der Waals surface area (Å²) in [7, 11) is 1.57. The van der Waals surface area contributed by atoms with Gasteiger partial charge in [-0.3, -0.25) is 19.8 Å². The van der Waals surface area contributed by atoms with Gasteiger partial charge in [-0.2, -0.15) is 5.11 Å². The predicted molar refractivity (Wildman–Crippen MR) is 98.3 cm³/mol. The van der Waals surface area contributed by atoms with Gasteiger partial charge < -0.3 is 10.1 Å². The third-order valence-corrected chi connectivity index (χ3v) is 3.54. The quantitative estimate of drug-likeness (QED) is 0.608. The van der Waals surface area contributed by atoms with Gasteiger partial charge in [-0.1, -0.05) is 18.2 Å². The van der Waals surface area contributed by atoms with E-state index in [2.05, 4.69) is 25.7 Å². The van der Waals surface area contributed by atoms with Crippen molar-refractivity contribution in [1.29, 1.82) is 0 Å². The fraction of sp³-hybridized carbons (Fsp3) is 0.111. The number of nitrogens with zero attached hydrogens (tertiary/aromatic N) is 2. The van der Waals surface area contributed by atoms with Gasteiger partial charge in [0.15, 0.2) is 5.69 Å². The molecule has 0 atom stereocenters. The first-order chi connectivity index (χ1) is 12.6. The molecular formula is C18H17N5O3. The molecule has 3 N–H and O–H groups in total. The summed E-state index contributed by atoms with van der Waals surface area (Å²) in [4.78, 5) is 23.2. The lowest BCUT2D eigenvalue weighted by Crippen LogP contribution is -2.05. The van der Waals surface area contributed by atoms with E-state index in [1.54, 1.807) is 37.4 Å². The van der Waals surface area contributed by atoms with Gasteiger partial charge in [0.1, 0.15) is 5.75 Å². The van der Waals surface area contributed by atoms with Crippen LogP contribution in [0.3, 0.4) is 0 Å². The third kappa shape index (κ3) is 3.86. The summed E-state index contributed by atoms with van der Waals surface area (Å²) in [5.74, 6) is 0.483. The Bertz CT molecular complexity index is 1020. The first-order valence-corrected chi connectivity index (χ1v) is 7.81. The average Bonchev–Trinajstić information content (AvgIpc) is 3.00. The Labute approximate surface area is 148 Å². The van der Waals surface area contributed by atoms with E-state index in [-0.39, 0.29) is 17.2 Å². The minimum absolute atomic E-state index is 0.156. The van der Waals surface area contributed by atoms with Crippen LogP contribution in [0.5, 0.6) is 5.75 Å². The lowest BCUT2D eigenvalue weighted by Gasteiger charge is -2.03. The van der Waals surface area contributed by atoms with Crippen LogP contribution in [-0.2, 0) is 4.79 Å². The maximum atomic E-state index is 12.1. The van der Waals surface area contributed by atoms with Crippen LogP contribution < -0.4 is 15.6 Å². The summed E-state index contributed by atoms with van der Waals surface area (Å²) in [5.41, 5.74) is 2.13. The molecule has 0 aliphatic carbocycles. The van der Waals surface area contributed by atoms with Crippen LogP contribution in [0.1, 0.15) is 6.92 Å². The number of hydrogen-bond donors (Lipinski definition) is 3. The highest BCUT2D eigenvalue weighted by atomic mass is 16.5. The van der Waals surface area contributed by atoms with Crippen molar-refractivity contribution in [2.24, 2.45) is 10.2 Å². The lowest BCUT2D eigenvalue weighted by atomic mass is 10.1. The smallest absolute Gasteiger partial charge is 0.292 e. The van der Waals surface area contributed by atoms with E-state index in [1.165, 1.54) is 6.92 Å². The maximum Gasteiger partial charge on any atom is 0.292 e. The number of aromatic nitrogens is 2. The fourth-order valence-corrected chi connectivity index (χ4v) is 2.39. The predicted octanol–water partition coefficient (Wildman–Crippen LogP) is 3.75. The lowest BCUT2D eigenvalue weighted by molar-refractivity contribution is -0.114. The summed E-state index contributed by atoms with van der Waals surface area (Å²) in [5, 5.41) is 16.2. The van der Waals surface area contributed by atoms with E-state index >= 15 is 0 Å². The summed E-state index contributed by atoms with van der Waals surface area (Å²) >= 11 is 0. The number of benzene rings is 2. The zero-order valence-electron chi connectivity index (χ0n) is 14.2. The molecule has 0 fully saturated rings. The Morgan fingerprint density at radius 2 is 1.88 bits per heavy atom. The van der Waals surface area contributed by atoms with Gasteiger partial charge in [-0.15, -0.1) is 5.11 Å². The standard InChI is InChI=1S/C18H17N5O3/c1-11(24)19-13-6-4-7-14(10-13)20-22-17-16(21-23-18(17)25)12-5-3-8-15(9-12)26-2/h3-10H,1-2H3,(H,19,24)(H2,21,23,25). The first kappa shape index (κ1) is 17.2. The number of hydrogen-bond acceptors (Lipinski definition) is 5. The van der Waals surface area contributed by atoms with E-state index < -0.39 is 0 Å². The molecule has 26 heavy (non-hydrogen) atoms. The molecule has 0 aliphatic heterocycles. The number of aromatic amines is 2. The molecule has 2 aromatic carbocycles. The number of rotatable bonds is 5. The van der Waals surface area contributed by atoms with E-state index in [1.807, 2.05) is 18.2 Å². The van der Waals surface area contributed by atoms with Crippen LogP contribution in [0.4, 0.5) is 17.1 Å². The van der Waals surface area contributed by atoms with Gasteiger partial charge in [0, 0.05) is 18.2 Å². The van der Waals surface area contributed by atoms with Gasteiger partial charge in [0.05, 0.1) is 18.5 Å². The minimum atomic E-state index is -0.385. The van der Waals surface area contributed by atoms with Crippen LogP contribution >= 0.6 is 0 Å². The molecule has 3 rings (SSSR count). The van der Waals surface area contributed by atoms with Crippen LogP contribution in [-0.4, -0.2) is 23.2 Å². The highest BCUT2D eigenvalue weighted by Gasteiger charge is 2.12. The van der Waals surface area contributed by atoms with Crippen molar-refractivity contribution in [3.63, 3.8) is 0 Å². The minimum Gasteiger partial charge on any atom is -0.497 e. The van der Waals surface area contributed by atoms with Gasteiger partial charge in [-0.05, 0) is 30.3 Å². The zero-order chi connectivity index (χ0) is 18.5. The van der Waals surface area contributed by atoms with Crippen LogP contribution in [0.15, 0.2) is 63.6 Å². The van der Waals surface area contributed by atoms with Crippen molar-refractivity contribution in [3.8, 4) is 17.0 Å². The number of carbonyl (C=O) groups excluding carboxylic acids is 1. The third-order valence-electron chi connectivity index (χ3n) is 3.54. The molecular weight excluding hydrogens is 334 g/mol. The molecule has 3 aromatic rings. The fourth-order valence-electron chi connectivity index (χ4n) is 2.39. The van der Waals surface area contributed by atoms with Crippen molar-refractivity contribution in [2.75, 3.05) is 12.4 Å². The van der Waals surface area contributed by atoms with Gasteiger partial charge in [0.25, 0.3) is 5.56 Å². The number of methoxy groups -OCH3 is 1. The van der Waals surface area contributed by atoms with E-state index in [0.717, 1.165) is 5.56 Å². The molecule has 1 heterocycles. The Morgan fingerprint density at radius 3 is 2.65 bits per heavy atom. The average molecular weight is 351 g/mol. The second kappa shape index (κ2) is 7.47. The molecule has 0 saturated carbocycles. The van der Waals surface area contributed by atoms with Crippen molar-refractivity contribution in [1.82, 2.24) is 10.2 Å². The molecule has 0 unspecified atom stereocenters. The maximum absolute atomic E-state index is 12.1. The second-order valence-corrected chi connectivity index (χ2v) is 5.47. The molecule has 0 aliphatic rings. The molecule has 0 spiro atoms. The topological polar surface area (TPSA) is 112 Å². The van der Waals surface area contributed by atoms with Gasteiger partial charge in [-0.25, -0.2) is 0 Å². The number of carbonyl (C=O) groups is 1.